The summed E-state index contributed by atoms with van der Waals surface area (Å²) >= 11 is 0. The van der Waals surface area contributed by atoms with Gasteiger partial charge in [-0.1, -0.05) is 0 Å². The van der Waals surface area contributed by atoms with Crippen molar-refractivity contribution in [3.05, 3.63) is 0 Å². The summed E-state index contributed by atoms with van der Waals surface area (Å²) in [7, 11) is 0. The standard InChI is InChI=1S/C14H25NO4/c1-14(2,3)19-13(16)15-6-4-5-11(7-15)8-17-9-12-10-18-12/h11-12H,4-10H2,1-3H3/t11-,12+/m0/s1. The molecule has 0 aromatic heterocycles. The molecule has 2 saturated heterocycles. The highest BCUT2D eigenvalue weighted by Gasteiger charge is 2.28. The molecule has 110 valence electrons. The second-order valence-corrected chi connectivity index (χ2v) is 6.43. The van der Waals surface area contributed by atoms with E-state index in [1.54, 1.807) is 4.90 Å². The third kappa shape index (κ3) is 5.37. The van der Waals surface area contributed by atoms with Crippen LogP contribution in [0.2, 0.25) is 0 Å². The predicted octanol–water partition coefficient (Wildman–Crippen LogP) is 2.05. The molecular formula is C14H25NO4. The van der Waals surface area contributed by atoms with Crippen LogP contribution in [0.1, 0.15) is 33.6 Å². The van der Waals surface area contributed by atoms with Crippen LogP contribution in [0.15, 0.2) is 0 Å². The molecule has 0 bridgehead atoms. The summed E-state index contributed by atoms with van der Waals surface area (Å²) in [6.07, 6.45) is 2.24. The zero-order valence-corrected chi connectivity index (χ0v) is 12.2. The van der Waals surface area contributed by atoms with Crippen molar-refractivity contribution in [1.82, 2.24) is 4.90 Å². The van der Waals surface area contributed by atoms with Crippen LogP contribution >= 0.6 is 0 Å². The third-order valence-electron chi connectivity index (χ3n) is 3.23. The van der Waals surface area contributed by atoms with Crippen molar-refractivity contribution in [1.29, 1.82) is 0 Å². The molecular weight excluding hydrogens is 246 g/mol. The van der Waals surface area contributed by atoms with Gasteiger partial charge in [0.15, 0.2) is 0 Å². The Morgan fingerprint density at radius 1 is 1.37 bits per heavy atom. The van der Waals surface area contributed by atoms with E-state index >= 15 is 0 Å². The van der Waals surface area contributed by atoms with E-state index in [1.807, 2.05) is 20.8 Å². The number of carbonyl (C=O) groups excluding carboxylic acids is 1. The van der Waals surface area contributed by atoms with E-state index in [-0.39, 0.29) is 6.09 Å². The molecule has 0 aliphatic carbocycles. The maximum absolute atomic E-state index is 12.0. The number of rotatable bonds is 4. The van der Waals surface area contributed by atoms with Gasteiger partial charge in [0, 0.05) is 19.0 Å². The second kappa shape index (κ2) is 6.09. The van der Waals surface area contributed by atoms with E-state index in [0.29, 0.717) is 25.2 Å². The normalized spacial score (nSPS) is 27.2. The van der Waals surface area contributed by atoms with Crippen LogP contribution in [0, 0.1) is 5.92 Å². The Hall–Kier alpha value is -0.810. The van der Waals surface area contributed by atoms with Crippen LogP contribution in [0.3, 0.4) is 0 Å². The zero-order chi connectivity index (χ0) is 13.9. The second-order valence-electron chi connectivity index (χ2n) is 6.43. The lowest BCUT2D eigenvalue weighted by Gasteiger charge is -2.34. The van der Waals surface area contributed by atoms with Gasteiger partial charge in [-0.05, 0) is 33.6 Å². The predicted molar refractivity (Wildman–Crippen MR) is 71.1 cm³/mol. The van der Waals surface area contributed by atoms with Crippen molar-refractivity contribution in [2.45, 2.75) is 45.3 Å². The van der Waals surface area contributed by atoms with Crippen LogP contribution in [0.5, 0.6) is 0 Å². The topological polar surface area (TPSA) is 51.3 Å². The van der Waals surface area contributed by atoms with Crippen LogP contribution in [0.4, 0.5) is 4.79 Å². The van der Waals surface area contributed by atoms with Gasteiger partial charge in [-0.15, -0.1) is 0 Å². The summed E-state index contributed by atoms with van der Waals surface area (Å²) < 4.78 is 16.1. The average Bonchev–Trinajstić information content (AvgIpc) is 3.11. The highest BCUT2D eigenvalue weighted by Crippen LogP contribution is 2.20. The quantitative estimate of drug-likeness (QED) is 0.734. The van der Waals surface area contributed by atoms with Crippen molar-refractivity contribution in [2.24, 2.45) is 5.92 Å². The number of amides is 1. The van der Waals surface area contributed by atoms with E-state index in [0.717, 1.165) is 32.5 Å². The van der Waals surface area contributed by atoms with Crippen LogP contribution in [0.25, 0.3) is 0 Å². The molecule has 1 amide bonds. The monoisotopic (exact) mass is 271 g/mol. The molecule has 0 radical (unpaired) electrons. The fraction of sp³-hybridized carbons (Fsp3) is 0.929. The zero-order valence-electron chi connectivity index (χ0n) is 12.2. The van der Waals surface area contributed by atoms with Gasteiger partial charge in [0.2, 0.25) is 0 Å². The number of nitrogens with zero attached hydrogens (tertiary/aromatic N) is 1. The SMILES string of the molecule is CC(C)(C)OC(=O)N1CCC[C@H](COC[C@@H]2CO2)C1. The first kappa shape index (κ1) is 14.6. The van der Waals surface area contributed by atoms with Crippen LogP contribution in [-0.4, -0.2) is 55.6 Å². The Labute approximate surface area is 115 Å². The summed E-state index contributed by atoms with van der Waals surface area (Å²) in [6, 6.07) is 0. The minimum Gasteiger partial charge on any atom is -0.444 e. The molecule has 0 N–H and O–H groups in total. The molecule has 2 fully saturated rings. The molecule has 0 aromatic carbocycles. The largest absolute Gasteiger partial charge is 0.444 e. The molecule has 2 aliphatic rings. The fourth-order valence-corrected chi connectivity index (χ4v) is 2.22. The summed E-state index contributed by atoms with van der Waals surface area (Å²) in [4.78, 5) is 13.8. The van der Waals surface area contributed by atoms with Crippen molar-refractivity contribution in [3.8, 4) is 0 Å². The van der Waals surface area contributed by atoms with Gasteiger partial charge >= 0.3 is 6.09 Å². The molecule has 0 aromatic rings. The molecule has 5 nitrogen and oxygen atoms in total. The molecule has 0 saturated carbocycles. The Kier molecular flexibility index (Phi) is 4.68. The molecule has 2 heterocycles. The Balaban J connectivity index is 1.70. The maximum atomic E-state index is 12.0. The average molecular weight is 271 g/mol. The molecule has 0 spiro atoms. The molecule has 5 heteroatoms. The molecule has 0 unspecified atom stereocenters. The van der Waals surface area contributed by atoms with Gasteiger partial charge in [-0.25, -0.2) is 4.79 Å². The Morgan fingerprint density at radius 3 is 2.74 bits per heavy atom. The Bertz CT molecular complexity index is 309. The molecule has 19 heavy (non-hydrogen) atoms. The highest BCUT2D eigenvalue weighted by molar-refractivity contribution is 5.68. The van der Waals surface area contributed by atoms with Gasteiger partial charge in [0.05, 0.1) is 19.8 Å². The summed E-state index contributed by atoms with van der Waals surface area (Å²) in [5.41, 5.74) is -0.427. The van der Waals surface area contributed by atoms with Gasteiger partial charge < -0.3 is 19.1 Å². The Morgan fingerprint density at radius 2 is 2.11 bits per heavy atom. The van der Waals surface area contributed by atoms with E-state index in [9.17, 15) is 4.79 Å². The van der Waals surface area contributed by atoms with E-state index in [1.165, 1.54) is 0 Å². The van der Waals surface area contributed by atoms with Crippen molar-refractivity contribution < 1.29 is 19.0 Å². The van der Waals surface area contributed by atoms with Crippen LogP contribution in [-0.2, 0) is 14.2 Å². The molecule has 2 aliphatic heterocycles. The number of epoxide rings is 1. The van der Waals surface area contributed by atoms with Crippen LogP contribution < -0.4 is 0 Å². The summed E-state index contributed by atoms with van der Waals surface area (Å²) in [5, 5.41) is 0. The fourth-order valence-electron chi connectivity index (χ4n) is 2.22. The van der Waals surface area contributed by atoms with Crippen molar-refractivity contribution in [2.75, 3.05) is 32.9 Å². The number of hydrogen-bond donors (Lipinski definition) is 0. The maximum Gasteiger partial charge on any atom is 0.410 e. The van der Waals surface area contributed by atoms with Crippen molar-refractivity contribution in [3.63, 3.8) is 0 Å². The van der Waals surface area contributed by atoms with Gasteiger partial charge in [-0.3, -0.25) is 0 Å². The summed E-state index contributed by atoms with van der Waals surface area (Å²) in [5.74, 6) is 0.417. The van der Waals surface area contributed by atoms with Gasteiger partial charge in [0.25, 0.3) is 0 Å². The number of piperidine rings is 1. The summed E-state index contributed by atoms with van der Waals surface area (Å²) in [6.45, 7) is 9.43. The third-order valence-corrected chi connectivity index (χ3v) is 3.23. The first-order chi connectivity index (χ1) is 8.94. The smallest absolute Gasteiger partial charge is 0.410 e. The number of likely N-dealkylation sites (tertiary alicyclic amines) is 1. The van der Waals surface area contributed by atoms with Gasteiger partial charge in [-0.2, -0.15) is 0 Å². The number of carbonyl (C=O) groups is 1. The number of ether oxygens (including phenoxy) is 3. The molecule has 2 rings (SSSR count). The molecule has 2 atom stereocenters. The number of hydrogen-bond acceptors (Lipinski definition) is 4. The minimum atomic E-state index is -0.427. The van der Waals surface area contributed by atoms with Gasteiger partial charge in [0.1, 0.15) is 11.7 Å². The lowest BCUT2D eigenvalue weighted by molar-refractivity contribution is 0.00644. The van der Waals surface area contributed by atoms with Crippen molar-refractivity contribution >= 4 is 6.09 Å². The minimum absolute atomic E-state index is 0.206. The highest BCUT2D eigenvalue weighted by atomic mass is 16.6. The first-order valence-corrected chi connectivity index (χ1v) is 7.11. The van der Waals surface area contributed by atoms with E-state index in [4.69, 9.17) is 14.2 Å². The lowest BCUT2D eigenvalue weighted by Crippen LogP contribution is -2.43. The van der Waals surface area contributed by atoms with E-state index < -0.39 is 5.60 Å². The lowest BCUT2D eigenvalue weighted by atomic mass is 9.99. The first-order valence-electron chi connectivity index (χ1n) is 7.11. The van der Waals surface area contributed by atoms with E-state index in [2.05, 4.69) is 0 Å².